The molecule has 0 amide bonds. The second-order valence-electron chi connectivity index (χ2n) is 3.87. The molecule has 2 aromatic carbocycles. The third-order valence-electron chi connectivity index (χ3n) is 2.55. The van der Waals surface area contributed by atoms with Gasteiger partial charge in [0, 0.05) is 0 Å². The highest BCUT2D eigenvalue weighted by atomic mass is 16.5. The van der Waals surface area contributed by atoms with E-state index in [9.17, 15) is 5.11 Å². The van der Waals surface area contributed by atoms with Crippen molar-refractivity contribution in [1.82, 2.24) is 0 Å². The summed E-state index contributed by atoms with van der Waals surface area (Å²) in [6.07, 6.45) is 2.20. The van der Waals surface area contributed by atoms with Gasteiger partial charge in [-0.2, -0.15) is 0 Å². The fourth-order valence-electron chi connectivity index (χ4n) is 1.63. The molecule has 16 heavy (non-hydrogen) atoms. The molecule has 83 valence electrons. The molecule has 2 aromatic rings. The van der Waals surface area contributed by atoms with Crippen molar-refractivity contribution < 1.29 is 9.84 Å². The quantitative estimate of drug-likeness (QED) is 0.704. The highest BCUT2D eigenvalue weighted by molar-refractivity contribution is 5.85. The maximum absolute atomic E-state index is 11.1. The van der Waals surface area contributed by atoms with Crippen LogP contribution < -0.4 is 4.74 Å². The van der Waals surface area contributed by atoms with E-state index in [0.717, 1.165) is 36.0 Å². The van der Waals surface area contributed by atoms with Crippen molar-refractivity contribution in [1.29, 1.82) is 0 Å². The molecule has 2 heteroatoms. The Morgan fingerprint density at radius 3 is 2.62 bits per heavy atom. The van der Waals surface area contributed by atoms with Gasteiger partial charge in [-0.15, -0.1) is 0 Å². The molecule has 0 heterocycles. The number of rotatable bonds is 4. The summed E-state index contributed by atoms with van der Waals surface area (Å²) in [6, 6.07) is 10.9. The Morgan fingerprint density at radius 2 is 1.81 bits per heavy atom. The van der Waals surface area contributed by atoms with E-state index in [-0.39, 0.29) is 5.75 Å². The standard InChI is InChI=1S/C14H15O2/c1-2-3-8-16-14-7-5-11-9-13(15)6-4-12(11)10-14/h4-7,9-10H,2-3,8H2,1H3. The van der Waals surface area contributed by atoms with Crippen LogP contribution in [0.3, 0.4) is 0 Å². The number of benzene rings is 2. The van der Waals surface area contributed by atoms with E-state index < -0.39 is 0 Å². The maximum Gasteiger partial charge on any atom is 0.179 e. The van der Waals surface area contributed by atoms with Crippen LogP contribution in [0.25, 0.3) is 10.8 Å². The van der Waals surface area contributed by atoms with Crippen LogP contribution in [0.15, 0.2) is 36.4 Å². The first-order valence-corrected chi connectivity index (χ1v) is 5.63. The third-order valence-corrected chi connectivity index (χ3v) is 2.55. The van der Waals surface area contributed by atoms with Crippen LogP contribution in [0.1, 0.15) is 19.8 Å². The molecule has 2 nitrogen and oxygen atoms in total. The summed E-state index contributed by atoms with van der Waals surface area (Å²) in [6.45, 7) is 2.89. The largest absolute Gasteiger partial charge is 0.494 e. The number of fused-ring (bicyclic) bond motifs is 1. The van der Waals surface area contributed by atoms with E-state index in [2.05, 4.69) is 6.92 Å². The molecule has 0 bridgehead atoms. The van der Waals surface area contributed by atoms with Gasteiger partial charge in [0.1, 0.15) is 5.75 Å². The molecule has 0 aromatic heterocycles. The zero-order valence-corrected chi connectivity index (χ0v) is 9.40. The summed E-state index contributed by atoms with van der Waals surface area (Å²) < 4.78 is 5.61. The van der Waals surface area contributed by atoms with E-state index in [1.54, 1.807) is 12.1 Å². The van der Waals surface area contributed by atoms with Crippen molar-refractivity contribution in [2.45, 2.75) is 19.8 Å². The van der Waals surface area contributed by atoms with E-state index in [0.29, 0.717) is 0 Å². The van der Waals surface area contributed by atoms with Crippen LogP contribution in [0.5, 0.6) is 11.5 Å². The lowest BCUT2D eigenvalue weighted by Crippen LogP contribution is -1.95. The van der Waals surface area contributed by atoms with Crippen molar-refractivity contribution in [3.05, 3.63) is 36.4 Å². The Kier molecular flexibility index (Phi) is 3.30. The van der Waals surface area contributed by atoms with Crippen molar-refractivity contribution in [2.24, 2.45) is 0 Å². The molecule has 0 saturated heterocycles. The molecule has 0 N–H and O–H groups in total. The van der Waals surface area contributed by atoms with Crippen molar-refractivity contribution in [3.8, 4) is 11.5 Å². The van der Waals surface area contributed by atoms with E-state index in [1.165, 1.54) is 0 Å². The van der Waals surface area contributed by atoms with E-state index in [4.69, 9.17) is 4.74 Å². The number of hydrogen-bond acceptors (Lipinski definition) is 1. The van der Waals surface area contributed by atoms with Gasteiger partial charge >= 0.3 is 0 Å². The van der Waals surface area contributed by atoms with Gasteiger partial charge in [0.15, 0.2) is 5.75 Å². The lowest BCUT2D eigenvalue weighted by atomic mass is 10.1. The van der Waals surface area contributed by atoms with Crippen molar-refractivity contribution >= 4 is 10.8 Å². The zero-order chi connectivity index (χ0) is 11.4. The minimum absolute atomic E-state index is 0.0483. The highest BCUT2D eigenvalue weighted by Gasteiger charge is 1.99. The van der Waals surface area contributed by atoms with Crippen molar-refractivity contribution in [3.63, 3.8) is 0 Å². The van der Waals surface area contributed by atoms with Crippen LogP contribution in [0, 0.1) is 0 Å². The SMILES string of the molecule is CCCCOc1ccc2cc([O])ccc2c1. The molecule has 0 aliphatic heterocycles. The maximum atomic E-state index is 11.1. The average molecular weight is 215 g/mol. The number of unbranched alkanes of at least 4 members (excludes halogenated alkanes) is 1. The van der Waals surface area contributed by atoms with Crippen LogP contribution in [-0.2, 0) is 5.11 Å². The molecule has 0 unspecified atom stereocenters. The van der Waals surface area contributed by atoms with Crippen LogP contribution in [-0.4, -0.2) is 6.61 Å². The summed E-state index contributed by atoms with van der Waals surface area (Å²) in [5, 5.41) is 13.2. The summed E-state index contributed by atoms with van der Waals surface area (Å²) in [5.41, 5.74) is 0. The smallest absolute Gasteiger partial charge is 0.179 e. The van der Waals surface area contributed by atoms with Gasteiger partial charge in [-0.25, -0.2) is 0 Å². The first kappa shape index (κ1) is 10.8. The molecule has 0 atom stereocenters. The Balaban J connectivity index is 2.20. The lowest BCUT2D eigenvalue weighted by molar-refractivity contribution is 0.310. The first-order chi connectivity index (χ1) is 7.79. The Bertz CT molecular complexity index is 477. The van der Waals surface area contributed by atoms with Crippen LogP contribution in [0.4, 0.5) is 0 Å². The minimum atomic E-state index is 0.0483. The van der Waals surface area contributed by atoms with Gasteiger partial charge in [-0.1, -0.05) is 25.5 Å². The van der Waals surface area contributed by atoms with Crippen molar-refractivity contribution in [2.75, 3.05) is 6.61 Å². The number of hydrogen-bond donors (Lipinski definition) is 0. The first-order valence-electron chi connectivity index (χ1n) is 5.63. The normalized spacial score (nSPS) is 10.6. The van der Waals surface area contributed by atoms with Crippen LogP contribution in [0.2, 0.25) is 0 Å². The molecule has 2 rings (SSSR count). The summed E-state index contributed by atoms with van der Waals surface area (Å²) in [7, 11) is 0. The fourth-order valence-corrected chi connectivity index (χ4v) is 1.63. The lowest BCUT2D eigenvalue weighted by Gasteiger charge is -2.06. The zero-order valence-electron chi connectivity index (χ0n) is 9.40. The molecule has 0 aliphatic carbocycles. The molecule has 0 saturated carbocycles. The molecule has 0 aliphatic rings. The molecule has 0 spiro atoms. The topological polar surface area (TPSA) is 29.1 Å². The van der Waals surface area contributed by atoms with Crippen LogP contribution >= 0.6 is 0 Å². The van der Waals surface area contributed by atoms with Gasteiger partial charge in [-0.05, 0) is 41.5 Å². The summed E-state index contributed by atoms with van der Waals surface area (Å²) in [4.78, 5) is 0. The fraction of sp³-hybridized carbons (Fsp3) is 0.286. The van der Waals surface area contributed by atoms with Gasteiger partial charge in [0.2, 0.25) is 0 Å². The van der Waals surface area contributed by atoms with Gasteiger partial charge in [0.25, 0.3) is 0 Å². The van der Waals surface area contributed by atoms with Gasteiger partial charge in [-0.3, -0.25) is 5.11 Å². The Hall–Kier alpha value is -1.70. The predicted molar refractivity (Wildman–Crippen MR) is 64.5 cm³/mol. The third kappa shape index (κ3) is 2.45. The molecular formula is C14H15O2. The van der Waals surface area contributed by atoms with Gasteiger partial charge in [0.05, 0.1) is 6.61 Å². The molecule has 1 radical (unpaired) electrons. The Morgan fingerprint density at radius 1 is 1.06 bits per heavy atom. The Labute approximate surface area is 95.5 Å². The monoisotopic (exact) mass is 215 g/mol. The second kappa shape index (κ2) is 4.88. The molecule has 0 fully saturated rings. The molecular weight excluding hydrogens is 200 g/mol. The number of ether oxygens (including phenoxy) is 1. The van der Waals surface area contributed by atoms with E-state index >= 15 is 0 Å². The highest BCUT2D eigenvalue weighted by Crippen LogP contribution is 2.24. The average Bonchev–Trinajstić information content (AvgIpc) is 2.29. The summed E-state index contributed by atoms with van der Waals surface area (Å²) >= 11 is 0. The second-order valence-corrected chi connectivity index (χ2v) is 3.87. The van der Waals surface area contributed by atoms with E-state index in [1.807, 2.05) is 24.3 Å². The summed E-state index contributed by atoms with van der Waals surface area (Å²) in [5.74, 6) is 0.923. The predicted octanol–water partition coefficient (Wildman–Crippen LogP) is 4.16. The van der Waals surface area contributed by atoms with Gasteiger partial charge < -0.3 is 4.74 Å². The minimum Gasteiger partial charge on any atom is -0.494 e.